The molecule has 0 aromatic heterocycles. The highest BCUT2D eigenvalue weighted by atomic mass is 16.6. The third-order valence-corrected chi connectivity index (χ3v) is 8.03. The second-order valence-electron chi connectivity index (χ2n) is 9.96. The molecule has 1 saturated carbocycles. The highest BCUT2D eigenvalue weighted by molar-refractivity contribution is 5.76. The highest BCUT2D eigenvalue weighted by Gasteiger charge is 2.52. The summed E-state index contributed by atoms with van der Waals surface area (Å²) in [5.41, 5.74) is 3.16. The average Bonchev–Trinajstić information content (AvgIpc) is 3.01. The first-order valence-electron chi connectivity index (χ1n) is 11.5. The lowest BCUT2D eigenvalue weighted by atomic mass is 9.59. The summed E-state index contributed by atoms with van der Waals surface area (Å²) in [6, 6.07) is 10.6. The Morgan fingerprint density at radius 1 is 1.14 bits per heavy atom. The molecule has 0 unspecified atom stereocenters. The van der Waals surface area contributed by atoms with Crippen LogP contribution < -0.4 is 4.90 Å². The van der Waals surface area contributed by atoms with Crippen molar-refractivity contribution in [1.29, 1.82) is 0 Å². The maximum atomic E-state index is 12.8. The standard InChI is InChI=1S/C25H34N2O2/c1-18-7-6-10-25(2)16-23-20(15-22(18)25)21(24(28)29-23)17-26-11-13-27(14-12-26)19-8-4-3-5-9-19/h3-5,8-9,15,18,20-21,23H,6-7,10-14,16-17H2,1-2H3/t18-,20+,21-,23+,25+/m0/s1. The Balaban J connectivity index is 1.27. The van der Waals surface area contributed by atoms with Crippen LogP contribution in [0.2, 0.25) is 0 Å². The zero-order valence-electron chi connectivity index (χ0n) is 17.8. The van der Waals surface area contributed by atoms with E-state index in [0.717, 1.165) is 39.1 Å². The van der Waals surface area contributed by atoms with Gasteiger partial charge in [-0.05, 0) is 42.7 Å². The number of hydrogen-bond acceptors (Lipinski definition) is 4. The van der Waals surface area contributed by atoms with Crippen molar-refractivity contribution >= 4 is 11.7 Å². The van der Waals surface area contributed by atoms with Crippen molar-refractivity contribution in [3.05, 3.63) is 42.0 Å². The molecular weight excluding hydrogens is 360 g/mol. The molecule has 2 saturated heterocycles. The van der Waals surface area contributed by atoms with Gasteiger partial charge in [0, 0.05) is 44.3 Å². The van der Waals surface area contributed by atoms with Crippen molar-refractivity contribution in [3.8, 4) is 0 Å². The predicted octanol–water partition coefficient (Wildman–Crippen LogP) is 4.12. The molecule has 0 radical (unpaired) electrons. The molecule has 1 aromatic carbocycles. The third kappa shape index (κ3) is 3.50. The molecule has 0 spiro atoms. The van der Waals surface area contributed by atoms with Gasteiger partial charge in [-0.1, -0.05) is 50.1 Å². The van der Waals surface area contributed by atoms with Crippen molar-refractivity contribution < 1.29 is 9.53 Å². The summed E-state index contributed by atoms with van der Waals surface area (Å²) >= 11 is 0. The molecule has 2 aliphatic heterocycles. The molecule has 0 bridgehead atoms. The molecule has 0 amide bonds. The van der Waals surface area contributed by atoms with Gasteiger partial charge in [0.1, 0.15) is 6.10 Å². The van der Waals surface area contributed by atoms with Crippen molar-refractivity contribution in [1.82, 2.24) is 4.90 Å². The minimum absolute atomic E-state index is 0.00875. The van der Waals surface area contributed by atoms with Crippen LogP contribution in [0.3, 0.4) is 0 Å². The number of rotatable bonds is 3. The van der Waals surface area contributed by atoms with Crippen LogP contribution >= 0.6 is 0 Å². The summed E-state index contributed by atoms with van der Waals surface area (Å²) in [6.45, 7) is 9.69. The second kappa shape index (κ2) is 7.46. The normalized spacial score (nSPS) is 37.5. The molecular formula is C25H34N2O2. The molecule has 4 heteroatoms. The zero-order valence-corrected chi connectivity index (χ0v) is 17.8. The number of ether oxygens (including phenoxy) is 1. The van der Waals surface area contributed by atoms with Gasteiger partial charge in [0.15, 0.2) is 0 Å². The van der Waals surface area contributed by atoms with E-state index < -0.39 is 0 Å². The van der Waals surface area contributed by atoms with E-state index in [9.17, 15) is 4.79 Å². The van der Waals surface area contributed by atoms with Crippen molar-refractivity contribution in [2.45, 2.75) is 45.6 Å². The number of nitrogens with zero attached hydrogens (tertiary/aromatic N) is 2. The minimum atomic E-state index is 0.00875. The van der Waals surface area contributed by atoms with E-state index in [1.165, 1.54) is 24.9 Å². The van der Waals surface area contributed by atoms with Crippen LogP contribution in [0, 0.1) is 23.2 Å². The van der Waals surface area contributed by atoms with E-state index in [4.69, 9.17) is 4.74 Å². The number of fused-ring (bicyclic) bond motifs is 2. The van der Waals surface area contributed by atoms with Gasteiger partial charge in [-0.15, -0.1) is 0 Å². The molecule has 156 valence electrons. The van der Waals surface area contributed by atoms with Gasteiger partial charge in [0.2, 0.25) is 0 Å². The monoisotopic (exact) mass is 394 g/mol. The van der Waals surface area contributed by atoms with Crippen LogP contribution in [-0.2, 0) is 9.53 Å². The van der Waals surface area contributed by atoms with E-state index in [1.807, 2.05) is 0 Å². The van der Waals surface area contributed by atoms with Gasteiger partial charge in [-0.3, -0.25) is 9.69 Å². The average molecular weight is 395 g/mol. The maximum absolute atomic E-state index is 12.8. The SMILES string of the molecule is C[C@H]1CCC[C@]2(C)C[C@H]3OC(=O)[C@@H](CN4CCN(c5ccccc5)CC4)[C@H]3C=C12. The number of anilines is 1. The van der Waals surface area contributed by atoms with Gasteiger partial charge in [-0.25, -0.2) is 0 Å². The van der Waals surface area contributed by atoms with Crippen LogP contribution in [0.15, 0.2) is 42.0 Å². The largest absolute Gasteiger partial charge is 0.461 e. The van der Waals surface area contributed by atoms with Crippen molar-refractivity contribution in [3.63, 3.8) is 0 Å². The molecule has 3 fully saturated rings. The summed E-state index contributed by atoms with van der Waals surface area (Å²) in [7, 11) is 0. The van der Waals surface area contributed by atoms with Crippen LogP contribution in [0.1, 0.15) is 39.5 Å². The molecule has 2 heterocycles. The lowest BCUT2D eigenvalue weighted by Gasteiger charge is -2.46. The fourth-order valence-electron chi connectivity index (χ4n) is 6.36. The first-order valence-corrected chi connectivity index (χ1v) is 11.5. The number of carbonyl (C=O) groups is 1. The lowest BCUT2D eigenvalue weighted by molar-refractivity contribution is -0.145. The Morgan fingerprint density at radius 3 is 2.66 bits per heavy atom. The Morgan fingerprint density at radius 2 is 1.90 bits per heavy atom. The van der Waals surface area contributed by atoms with Crippen LogP contribution in [-0.4, -0.2) is 49.7 Å². The van der Waals surface area contributed by atoms with E-state index in [0.29, 0.717) is 5.92 Å². The minimum Gasteiger partial charge on any atom is -0.461 e. The number of para-hydroxylation sites is 1. The zero-order chi connectivity index (χ0) is 20.0. The van der Waals surface area contributed by atoms with E-state index in [1.54, 1.807) is 5.57 Å². The first-order chi connectivity index (χ1) is 14.0. The van der Waals surface area contributed by atoms with E-state index in [2.05, 4.69) is 60.1 Å². The number of carbonyl (C=O) groups excluding carboxylic acids is 1. The van der Waals surface area contributed by atoms with Crippen LogP contribution in [0.5, 0.6) is 0 Å². The summed E-state index contributed by atoms with van der Waals surface area (Å²) < 4.78 is 5.94. The number of piperazine rings is 1. The molecule has 4 nitrogen and oxygen atoms in total. The van der Waals surface area contributed by atoms with Gasteiger partial charge in [0.05, 0.1) is 5.92 Å². The summed E-state index contributed by atoms with van der Waals surface area (Å²) in [4.78, 5) is 17.7. The van der Waals surface area contributed by atoms with E-state index in [-0.39, 0.29) is 29.3 Å². The van der Waals surface area contributed by atoms with Gasteiger partial charge < -0.3 is 9.64 Å². The Hall–Kier alpha value is -1.81. The van der Waals surface area contributed by atoms with Gasteiger partial charge in [0.25, 0.3) is 0 Å². The molecule has 2 aliphatic carbocycles. The molecule has 1 aromatic rings. The third-order valence-electron chi connectivity index (χ3n) is 8.03. The Labute approximate surface area is 174 Å². The quantitative estimate of drug-likeness (QED) is 0.570. The van der Waals surface area contributed by atoms with E-state index >= 15 is 0 Å². The number of benzene rings is 1. The van der Waals surface area contributed by atoms with Gasteiger partial charge in [-0.2, -0.15) is 0 Å². The number of hydrogen-bond donors (Lipinski definition) is 0. The Bertz CT molecular complexity index is 783. The lowest BCUT2D eigenvalue weighted by Crippen LogP contribution is -2.49. The Kier molecular flexibility index (Phi) is 4.93. The molecule has 29 heavy (non-hydrogen) atoms. The smallest absolute Gasteiger partial charge is 0.311 e. The molecule has 5 atom stereocenters. The van der Waals surface area contributed by atoms with Crippen molar-refractivity contribution in [2.75, 3.05) is 37.6 Å². The topological polar surface area (TPSA) is 32.8 Å². The number of allylic oxidation sites excluding steroid dienone is 1. The molecule has 5 rings (SSSR count). The number of esters is 1. The predicted molar refractivity (Wildman–Crippen MR) is 116 cm³/mol. The fraction of sp³-hybridized carbons (Fsp3) is 0.640. The summed E-state index contributed by atoms with van der Waals surface area (Å²) in [5.74, 6) is 0.977. The van der Waals surface area contributed by atoms with Gasteiger partial charge >= 0.3 is 5.97 Å². The summed E-state index contributed by atoms with van der Waals surface area (Å²) in [5, 5.41) is 0. The fourth-order valence-corrected chi connectivity index (χ4v) is 6.36. The van der Waals surface area contributed by atoms with Crippen LogP contribution in [0.25, 0.3) is 0 Å². The maximum Gasteiger partial charge on any atom is 0.311 e. The summed E-state index contributed by atoms with van der Waals surface area (Å²) in [6.07, 6.45) is 7.44. The van der Waals surface area contributed by atoms with Crippen molar-refractivity contribution in [2.24, 2.45) is 23.2 Å². The second-order valence-corrected chi connectivity index (χ2v) is 9.96. The first kappa shape index (κ1) is 19.2. The molecule has 0 N–H and O–H groups in total. The molecule has 4 aliphatic rings. The highest BCUT2D eigenvalue weighted by Crippen LogP contribution is 2.54. The van der Waals surface area contributed by atoms with Crippen LogP contribution in [0.4, 0.5) is 5.69 Å².